The Bertz CT molecular complexity index is 81.1. The van der Waals surface area contributed by atoms with Gasteiger partial charge in [-0.3, -0.25) is 0 Å². The molecule has 1 atom stereocenters. The third kappa shape index (κ3) is 8.06. The van der Waals surface area contributed by atoms with E-state index in [0.717, 1.165) is 6.42 Å². The smallest absolute Gasteiger partial charge is 0.00362 e. The van der Waals surface area contributed by atoms with E-state index in [4.69, 9.17) is 5.73 Å². The van der Waals surface area contributed by atoms with Crippen molar-refractivity contribution in [3.63, 3.8) is 0 Å². The number of hydrogen-bond acceptors (Lipinski definition) is 1. The second-order valence-electron chi connectivity index (χ2n) is 3.72. The van der Waals surface area contributed by atoms with Crippen molar-refractivity contribution in [2.24, 2.45) is 5.73 Å². The van der Waals surface area contributed by atoms with Gasteiger partial charge in [0.2, 0.25) is 0 Å². The average Bonchev–Trinajstić information content (AvgIpc) is 2.10. The van der Waals surface area contributed by atoms with E-state index in [2.05, 4.69) is 13.8 Å². The van der Waals surface area contributed by atoms with Gasteiger partial charge >= 0.3 is 0 Å². The Hall–Kier alpha value is -0.0400. The molecule has 0 heterocycles. The molecule has 1 nitrogen and oxygen atoms in total. The van der Waals surface area contributed by atoms with Crippen LogP contribution in [0, 0.1) is 0 Å². The predicted molar refractivity (Wildman–Crippen MR) is 56.3 cm³/mol. The Morgan fingerprint density at radius 1 is 0.917 bits per heavy atom. The van der Waals surface area contributed by atoms with E-state index >= 15 is 0 Å². The van der Waals surface area contributed by atoms with Gasteiger partial charge in [-0.05, 0) is 12.8 Å². The Morgan fingerprint density at radius 2 is 1.50 bits per heavy atom. The minimum atomic E-state index is 0.455. The van der Waals surface area contributed by atoms with Crippen molar-refractivity contribution in [3.8, 4) is 0 Å². The van der Waals surface area contributed by atoms with Crippen LogP contribution in [0.15, 0.2) is 0 Å². The number of unbranched alkanes of at least 4 members (excludes halogenated alkanes) is 5. The number of hydrogen-bond donors (Lipinski definition) is 1. The average molecular weight is 171 g/mol. The van der Waals surface area contributed by atoms with Gasteiger partial charge in [0.05, 0.1) is 0 Å². The van der Waals surface area contributed by atoms with Crippen LogP contribution in [0.3, 0.4) is 0 Å². The van der Waals surface area contributed by atoms with Gasteiger partial charge in [-0.25, -0.2) is 0 Å². The van der Waals surface area contributed by atoms with Gasteiger partial charge in [0.15, 0.2) is 0 Å². The van der Waals surface area contributed by atoms with Crippen LogP contribution in [-0.2, 0) is 0 Å². The van der Waals surface area contributed by atoms with Crippen molar-refractivity contribution in [2.45, 2.75) is 71.3 Å². The van der Waals surface area contributed by atoms with Crippen LogP contribution in [0.1, 0.15) is 65.2 Å². The summed E-state index contributed by atoms with van der Waals surface area (Å²) in [6.45, 7) is 4.43. The van der Waals surface area contributed by atoms with Crippen LogP contribution < -0.4 is 5.73 Å². The molecule has 1 heteroatoms. The maximum atomic E-state index is 5.81. The fourth-order valence-electron chi connectivity index (χ4n) is 1.39. The highest BCUT2D eigenvalue weighted by Crippen LogP contribution is 2.08. The second-order valence-corrected chi connectivity index (χ2v) is 3.72. The molecule has 12 heavy (non-hydrogen) atoms. The summed E-state index contributed by atoms with van der Waals surface area (Å²) in [4.78, 5) is 0. The van der Waals surface area contributed by atoms with Gasteiger partial charge in [-0.2, -0.15) is 0 Å². The van der Waals surface area contributed by atoms with Crippen LogP contribution in [0.4, 0.5) is 0 Å². The van der Waals surface area contributed by atoms with Crippen LogP contribution >= 0.6 is 0 Å². The molecule has 0 aliphatic carbocycles. The van der Waals surface area contributed by atoms with Crippen LogP contribution in [0.5, 0.6) is 0 Å². The van der Waals surface area contributed by atoms with Crippen LogP contribution in [-0.4, -0.2) is 6.04 Å². The minimum Gasteiger partial charge on any atom is -0.328 e. The molecule has 0 aromatic carbocycles. The van der Waals surface area contributed by atoms with E-state index in [1.165, 1.54) is 44.9 Å². The van der Waals surface area contributed by atoms with E-state index in [0.29, 0.717) is 6.04 Å². The van der Waals surface area contributed by atoms with E-state index in [1.54, 1.807) is 0 Å². The van der Waals surface area contributed by atoms with Crippen LogP contribution in [0.25, 0.3) is 0 Å². The van der Waals surface area contributed by atoms with Crippen molar-refractivity contribution in [2.75, 3.05) is 0 Å². The summed E-state index contributed by atoms with van der Waals surface area (Å²) in [5, 5.41) is 0. The van der Waals surface area contributed by atoms with E-state index in [9.17, 15) is 0 Å². The summed E-state index contributed by atoms with van der Waals surface area (Å²) in [7, 11) is 0. The number of nitrogens with two attached hydrogens (primary N) is 1. The molecule has 0 bridgehead atoms. The lowest BCUT2D eigenvalue weighted by Crippen LogP contribution is -2.17. The van der Waals surface area contributed by atoms with Gasteiger partial charge < -0.3 is 5.73 Å². The predicted octanol–water partition coefficient (Wildman–Crippen LogP) is 3.47. The summed E-state index contributed by atoms with van der Waals surface area (Å²) < 4.78 is 0. The highest BCUT2D eigenvalue weighted by molar-refractivity contribution is 4.57. The highest BCUT2D eigenvalue weighted by atomic mass is 14.6. The van der Waals surface area contributed by atoms with Gasteiger partial charge in [0.25, 0.3) is 0 Å². The molecule has 0 radical (unpaired) electrons. The first-order valence-corrected chi connectivity index (χ1v) is 5.56. The van der Waals surface area contributed by atoms with Gasteiger partial charge in [-0.1, -0.05) is 52.4 Å². The maximum absolute atomic E-state index is 5.81. The number of rotatable bonds is 8. The first-order valence-electron chi connectivity index (χ1n) is 5.56. The molecule has 74 valence electrons. The Kier molecular flexibility index (Phi) is 9.02. The van der Waals surface area contributed by atoms with Gasteiger partial charge in [-0.15, -0.1) is 0 Å². The highest BCUT2D eigenvalue weighted by Gasteiger charge is 1.97. The van der Waals surface area contributed by atoms with Crippen LogP contribution in [0.2, 0.25) is 0 Å². The van der Waals surface area contributed by atoms with Gasteiger partial charge in [0, 0.05) is 6.04 Å². The largest absolute Gasteiger partial charge is 0.328 e. The third-order valence-electron chi connectivity index (χ3n) is 2.45. The zero-order valence-corrected chi connectivity index (χ0v) is 8.81. The fourth-order valence-corrected chi connectivity index (χ4v) is 1.39. The summed E-state index contributed by atoms with van der Waals surface area (Å²) in [5.74, 6) is 0. The summed E-state index contributed by atoms with van der Waals surface area (Å²) in [5.41, 5.74) is 5.81. The molecular formula is C11H25N. The van der Waals surface area contributed by atoms with Crippen molar-refractivity contribution >= 4 is 0 Å². The molecule has 0 aliphatic heterocycles. The van der Waals surface area contributed by atoms with Gasteiger partial charge in [0.1, 0.15) is 0 Å². The lowest BCUT2D eigenvalue weighted by Gasteiger charge is -2.07. The molecule has 2 N–H and O–H groups in total. The zero-order chi connectivity index (χ0) is 9.23. The van der Waals surface area contributed by atoms with E-state index < -0.39 is 0 Å². The lowest BCUT2D eigenvalue weighted by molar-refractivity contribution is 0.526. The first-order chi connectivity index (χ1) is 5.81. The molecule has 0 saturated carbocycles. The van der Waals surface area contributed by atoms with Crippen molar-refractivity contribution < 1.29 is 0 Å². The molecule has 0 amide bonds. The lowest BCUT2D eigenvalue weighted by atomic mass is 10.1. The topological polar surface area (TPSA) is 26.0 Å². The Balaban J connectivity index is 2.90. The Labute approximate surface area is 77.7 Å². The zero-order valence-electron chi connectivity index (χ0n) is 8.81. The standard InChI is InChI=1S/C11H25N/c1-3-5-6-7-8-9-10-11(12)4-2/h11H,3-10,12H2,1-2H3/t11-/m0/s1. The third-order valence-corrected chi connectivity index (χ3v) is 2.45. The van der Waals surface area contributed by atoms with E-state index in [-0.39, 0.29) is 0 Å². The SMILES string of the molecule is CCCCCCCC[C@@H](N)CC. The fraction of sp³-hybridized carbons (Fsp3) is 1.00. The summed E-state index contributed by atoms with van der Waals surface area (Å²) in [6, 6.07) is 0.455. The molecule has 0 aromatic heterocycles. The molecule has 0 aliphatic rings. The maximum Gasteiger partial charge on any atom is 0.00362 e. The molecular weight excluding hydrogens is 146 g/mol. The monoisotopic (exact) mass is 171 g/mol. The molecule has 0 aromatic rings. The normalized spacial score (nSPS) is 13.2. The van der Waals surface area contributed by atoms with Crippen molar-refractivity contribution in [1.82, 2.24) is 0 Å². The molecule has 0 spiro atoms. The summed E-state index contributed by atoms with van der Waals surface area (Å²) in [6.07, 6.45) is 10.6. The second kappa shape index (κ2) is 9.05. The van der Waals surface area contributed by atoms with Crippen molar-refractivity contribution in [1.29, 1.82) is 0 Å². The Morgan fingerprint density at radius 3 is 2.08 bits per heavy atom. The minimum absolute atomic E-state index is 0.455. The van der Waals surface area contributed by atoms with E-state index in [1.807, 2.05) is 0 Å². The quantitative estimate of drug-likeness (QED) is 0.556. The first kappa shape index (κ1) is 12.0. The molecule has 0 saturated heterocycles. The summed E-state index contributed by atoms with van der Waals surface area (Å²) >= 11 is 0. The molecule has 0 unspecified atom stereocenters. The van der Waals surface area contributed by atoms with Crippen molar-refractivity contribution in [3.05, 3.63) is 0 Å². The molecule has 0 fully saturated rings. The molecule has 0 rings (SSSR count).